The lowest BCUT2D eigenvalue weighted by atomic mass is 9.74. The molecule has 2 atom stereocenters. The summed E-state index contributed by atoms with van der Waals surface area (Å²) in [6.45, 7) is 8.24. The van der Waals surface area contributed by atoms with Crippen LogP contribution in [0.2, 0.25) is 0 Å². The van der Waals surface area contributed by atoms with Crippen LogP contribution in [0.15, 0.2) is 40.4 Å². The number of allylic oxidation sites excluding steroid dienone is 3. The van der Waals surface area contributed by atoms with Crippen LogP contribution in [0.4, 0.5) is 0 Å². The summed E-state index contributed by atoms with van der Waals surface area (Å²) >= 11 is 3.45. The van der Waals surface area contributed by atoms with Crippen LogP contribution in [0, 0.1) is 5.92 Å². The molecule has 0 unspecified atom stereocenters. The Kier molecular flexibility index (Phi) is 4.04. The van der Waals surface area contributed by atoms with Gasteiger partial charge >= 0.3 is 0 Å². The fourth-order valence-electron chi connectivity index (χ4n) is 2.83. The van der Waals surface area contributed by atoms with Gasteiger partial charge in [0.1, 0.15) is 11.5 Å². The van der Waals surface area contributed by atoms with Gasteiger partial charge in [-0.25, -0.2) is 0 Å². The summed E-state index contributed by atoms with van der Waals surface area (Å²) in [6, 6.07) is 3.02. The first-order valence-corrected chi connectivity index (χ1v) is 7.23. The van der Waals surface area contributed by atoms with Crippen molar-refractivity contribution in [2.24, 2.45) is 5.92 Å². The van der Waals surface area contributed by atoms with E-state index in [1.165, 1.54) is 11.6 Å². The minimum absolute atomic E-state index is 0.0662. The van der Waals surface area contributed by atoms with Crippen molar-refractivity contribution >= 4 is 15.9 Å². The second-order valence-electron chi connectivity index (χ2n) is 5.39. The highest BCUT2D eigenvalue weighted by atomic mass is 79.9. The maximum Gasteiger partial charge on any atom is 0.124 e. The smallest absolute Gasteiger partial charge is 0.124 e. The quantitative estimate of drug-likeness (QED) is 0.762. The van der Waals surface area contributed by atoms with E-state index in [1.807, 2.05) is 6.92 Å². The molecule has 2 N–H and O–H groups in total. The van der Waals surface area contributed by atoms with Crippen molar-refractivity contribution in [1.29, 1.82) is 0 Å². The Morgan fingerprint density at radius 1 is 1.37 bits per heavy atom. The van der Waals surface area contributed by atoms with Gasteiger partial charge in [-0.3, -0.25) is 0 Å². The van der Waals surface area contributed by atoms with Gasteiger partial charge in [0.15, 0.2) is 0 Å². The van der Waals surface area contributed by atoms with Gasteiger partial charge in [-0.2, -0.15) is 0 Å². The van der Waals surface area contributed by atoms with Gasteiger partial charge in [0.2, 0.25) is 0 Å². The molecule has 0 heterocycles. The molecule has 0 amide bonds. The first-order valence-electron chi connectivity index (χ1n) is 6.44. The standard InChI is InChI=1S/C16H19BrO2/c1-9(2)12-5-4-10(3)6-13(12)16-14(17)7-11(18)8-15(16)19/h6-8,12-13,18-19H,1,4-5H2,2-3H3/t12-,13+/m0/s1. The summed E-state index contributed by atoms with van der Waals surface area (Å²) in [7, 11) is 0. The molecule has 0 fully saturated rings. The van der Waals surface area contributed by atoms with Gasteiger partial charge in [-0.05, 0) is 38.7 Å². The summed E-state index contributed by atoms with van der Waals surface area (Å²) in [6.07, 6.45) is 4.33. The van der Waals surface area contributed by atoms with Gasteiger partial charge in [-0.1, -0.05) is 39.7 Å². The van der Waals surface area contributed by atoms with Crippen molar-refractivity contribution in [3.05, 3.63) is 46.0 Å². The van der Waals surface area contributed by atoms with Crippen molar-refractivity contribution in [3.8, 4) is 11.5 Å². The van der Waals surface area contributed by atoms with Gasteiger partial charge in [0.25, 0.3) is 0 Å². The molecule has 0 saturated carbocycles. The molecule has 1 aliphatic rings. The minimum atomic E-state index is 0.0662. The third kappa shape index (κ3) is 2.86. The molecular weight excluding hydrogens is 304 g/mol. The third-order valence-corrected chi connectivity index (χ3v) is 4.46. The van der Waals surface area contributed by atoms with Gasteiger partial charge in [-0.15, -0.1) is 0 Å². The number of hydrogen-bond donors (Lipinski definition) is 2. The van der Waals surface area contributed by atoms with Crippen LogP contribution in [-0.4, -0.2) is 10.2 Å². The Hall–Kier alpha value is -1.22. The third-order valence-electron chi connectivity index (χ3n) is 3.81. The van der Waals surface area contributed by atoms with E-state index < -0.39 is 0 Å². The van der Waals surface area contributed by atoms with Crippen LogP contribution in [0.5, 0.6) is 11.5 Å². The molecule has 0 aromatic heterocycles. The van der Waals surface area contributed by atoms with E-state index in [4.69, 9.17) is 0 Å². The van der Waals surface area contributed by atoms with E-state index >= 15 is 0 Å². The van der Waals surface area contributed by atoms with E-state index in [0.29, 0.717) is 5.92 Å². The summed E-state index contributed by atoms with van der Waals surface area (Å²) in [5.74, 6) is 0.641. The molecule has 0 radical (unpaired) electrons. The lowest BCUT2D eigenvalue weighted by molar-refractivity contribution is 0.425. The summed E-state index contributed by atoms with van der Waals surface area (Å²) in [4.78, 5) is 0. The van der Waals surface area contributed by atoms with Gasteiger partial charge in [0, 0.05) is 22.0 Å². The van der Waals surface area contributed by atoms with Crippen LogP contribution in [0.25, 0.3) is 0 Å². The average molecular weight is 323 g/mol. The molecule has 0 aliphatic heterocycles. The molecule has 2 rings (SSSR count). The van der Waals surface area contributed by atoms with Crippen LogP contribution >= 0.6 is 15.9 Å². The number of benzene rings is 1. The molecule has 1 aromatic carbocycles. The number of phenolic OH excluding ortho intramolecular Hbond substituents is 2. The van der Waals surface area contributed by atoms with Crippen LogP contribution in [-0.2, 0) is 0 Å². The fourth-order valence-corrected chi connectivity index (χ4v) is 3.53. The maximum absolute atomic E-state index is 10.2. The molecule has 1 aromatic rings. The fraction of sp³-hybridized carbons (Fsp3) is 0.375. The van der Waals surface area contributed by atoms with Gasteiger partial charge < -0.3 is 10.2 Å². The molecule has 3 heteroatoms. The zero-order chi connectivity index (χ0) is 14.2. The van der Waals surface area contributed by atoms with Crippen molar-refractivity contribution in [2.75, 3.05) is 0 Å². The van der Waals surface area contributed by atoms with Crippen molar-refractivity contribution < 1.29 is 10.2 Å². The lowest BCUT2D eigenvalue weighted by Gasteiger charge is -2.31. The highest BCUT2D eigenvalue weighted by Crippen LogP contribution is 2.46. The summed E-state index contributed by atoms with van der Waals surface area (Å²) in [5.41, 5.74) is 3.31. The topological polar surface area (TPSA) is 40.5 Å². The first kappa shape index (κ1) is 14.2. The largest absolute Gasteiger partial charge is 0.508 e. The number of hydrogen-bond acceptors (Lipinski definition) is 2. The highest BCUT2D eigenvalue weighted by Gasteiger charge is 2.29. The Morgan fingerprint density at radius 2 is 2.05 bits per heavy atom. The molecule has 2 nitrogen and oxygen atoms in total. The zero-order valence-electron chi connectivity index (χ0n) is 11.3. The lowest BCUT2D eigenvalue weighted by Crippen LogP contribution is -2.17. The molecular formula is C16H19BrO2. The van der Waals surface area contributed by atoms with E-state index in [0.717, 1.165) is 28.5 Å². The average Bonchev–Trinajstić information content (AvgIpc) is 2.27. The Morgan fingerprint density at radius 3 is 2.63 bits per heavy atom. The SMILES string of the molecule is C=C(C)[C@@H]1CCC(C)=C[C@H]1c1c(O)cc(O)cc1Br. The Balaban J connectivity index is 2.54. The van der Waals surface area contributed by atoms with Crippen LogP contribution in [0.1, 0.15) is 38.2 Å². The number of halogens is 1. The Bertz CT molecular complexity index is 523. The number of aromatic hydroxyl groups is 2. The van der Waals surface area contributed by atoms with Crippen LogP contribution < -0.4 is 0 Å². The zero-order valence-corrected chi connectivity index (χ0v) is 12.9. The van der Waals surface area contributed by atoms with E-state index in [2.05, 4.69) is 35.5 Å². The normalized spacial score (nSPS) is 23.0. The van der Waals surface area contributed by atoms with Gasteiger partial charge in [0.05, 0.1) is 0 Å². The van der Waals surface area contributed by atoms with Crippen molar-refractivity contribution in [3.63, 3.8) is 0 Å². The molecule has 1 aliphatic carbocycles. The number of phenols is 2. The van der Waals surface area contributed by atoms with E-state index in [1.54, 1.807) is 6.07 Å². The monoisotopic (exact) mass is 322 g/mol. The first-order chi connectivity index (χ1) is 8.90. The maximum atomic E-state index is 10.2. The predicted molar refractivity (Wildman–Crippen MR) is 81.5 cm³/mol. The highest BCUT2D eigenvalue weighted by molar-refractivity contribution is 9.10. The second-order valence-corrected chi connectivity index (χ2v) is 6.25. The van der Waals surface area contributed by atoms with Crippen LogP contribution in [0.3, 0.4) is 0 Å². The number of rotatable bonds is 2. The molecule has 0 bridgehead atoms. The minimum Gasteiger partial charge on any atom is -0.508 e. The van der Waals surface area contributed by atoms with Crippen molar-refractivity contribution in [2.45, 2.75) is 32.6 Å². The second kappa shape index (κ2) is 5.41. The molecule has 0 saturated heterocycles. The van der Waals surface area contributed by atoms with Crippen molar-refractivity contribution in [1.82, 2.24) is 0 Å². The molecule has 102 valence electrons. The molecule has 0 spiro atoms. The Labute approximate surface area is 122 Å². The summed E-state index contributed by atoms with van der Waals surface area (Å²) < 4.78 is 0.743. The predicted octanol–water partition coefficient (Wildman–Crippen LogP) is 4.88. The van der Waals surface area contributed by atoms with E-state index in [-0.39, 0.29) is 17.4 Å². The summed E-state index contributed by atoms with van der Waals surface area (Å²) in [5, 5.41) is 19.7. The molecule has 19 heavy (non-hydrogen) atoms. The van der Waals surface area contributed by atoms with E-state index in [9.17, 15) is 10.2 Å².